The fourth-order valence-corrected chi connectivity index (χ4v) is 3.24. The SMILES string of the molecule is CC(=O)c1sc2nc(C3CC3)cc(C(F)(F)F)c2c1N. The molecule has 0 atom stereocenters. The number of alkyl halides is 3. The van der Waals surface area contributed by atoms with Crippen LogP contribution in [0.15, 0.2) is 6.07 Å². The summed E-state index contributed by atoms with van der Waals surface area (Å²) >= 11 is 0.936. The van der Waals surface area contributed by atoms with E-state index in [4.69, 9.17) is 5.73 Å². The van der Waals surface area contributed by atoms with Gasteiger partial charge in [-0.05, 0) is 18.9 Å². The Balaban J connectivity index is 2.35. The highest BCUT2D eigenvalue weighted by molar-refractivity contribution is 7.21. The standard InChI is InChI=1S/C13H11F3N2OS/c1-5(19)11-10(17)9-7(13(14,15)16)4-8(6-2-3-6)18-12(9)20-11/h4,6H,2-3,17H2,1H3. The molecule has 7 heteroatoms. The lowest BCUT2D eigenvalue weighted by atomic mass is 10.1. The number of carbonyl (C=O) groups excluding carboxylic acids is 1. The number of hydrogen-bond acceptors (Lipinski definition) is 4. The molecular weight excluding hydrogens is 289 g/mol. The van der Waals surface area contributed by atoms with E-state index >= 15 is 0 Å². The Morgan fingerprint density at radius 1 is 1.45 bits per heavy atom. The number of fused-ring (bicyclic) bond motifs is 1. The van der Waals surface area contributed by atoms with E-state index in [1.165, 1.54) is 6.92 Å². The normalized spacial score (nSPS) is 15.8. The molecule has 0 saturated heterocycles. The number of halogens is 3. The lowest BCUT2D eigenvalue weighted by molar-refractivity contribution is -0.136. The first kappa shape index (κ1) is 13.4. The summed E-state index contributed by atoms with van der Waals surface area (Å²) in [6.07, 6.45) is -2.79. The van der Waals surface area contributed by atoms with Crippen LogP contribution in [-0.2, 0) is 6.18 Å². The van der Waals surface area contributed by atoms with Crippen molar-refractivity contribution in [3.05, 3.63) is 22.2 Å². The van der Waals surface area contributed by atoms with E-state index in [1.54, 1.807) is 0 Å². The number of hydrogen-bond donors (Lipinski definition) is 1. The summed E-state index contributed by atoms with van der Waals surface area (Å²) in [6, 6.07) is 1.08. The lowest BCUT2D eigenvalue weighted by Crippen LogP contribution is -2.08. The van der Waals surface area contributed by atoms with Gasteiger partial charge in [0, 0.05) is 23.9 Å². The van der Waals surface area contributed by atoms with Gasteiger partial charge < -0.3 is 5.73 Å². The number of Topliss-reactive ketones (excluding diaryl/α,β-unsaturated/α-hetero) is 1. The minimum Gasteiger partial charge on any atom is -0.397 e. The summed E-state index contributed by atoms with van der Waals surface area (Å²) < 4.78 is 39.6. The summed E-state index contributed by atoms with van der Waals surface area (Å²) in [5, 5.41) is -0.142. The minimum atomic E-state index is -4.51. The van der Waals surface area contributed by atoms with Gasteiger partial charge in [0.1, 0.15) is 4.83 Å². The molecule has 0 bridgehead atoms. The van der Waals surface area contributed by atoms with Crippen molar-refractivity contribution in [2.24, 2.45) is 0 Å². The van der Waals surface area contributed by atoms with Crippen molar-refractivity contribution in [1.82, 2.24) is 4.98 Å². The molecule has 1 aliphatic carbocycles. The van der Waals surface area contributed by atoms with Gasteiger partial charge in [-0.3, -0.25) is 4.79 Å². The molecule has 0 radical (unpaired) electrons. The third-order valence-electron chi connectivity index (χ3n) is 3.34. The zero-order valence-corrected chi connectivity index (χ0v) is 11.4. The van der Waals surface area contributed by atoms with Gasteiger partial charge in [-0.2, -0.15) is 13.2 Å². The van der Waals surface area contributed by atoms with Crippen molar-refractivity contribution in [3.8, 4) is 0 Å². The number of pyridine rings is 1. The van der Waals surface area contributed by atoms with E-state index in [0.29, 0.717) is 5.69 Å². The molecule has 106 valence electrons. The van der Waals surface area contributed by atoms with Crippen LogP contribution in [0.2, 0.25) is 0 Å². The van der Waals surface area contributed by atoms with Crippen molar-refractivity contribution in [3.63, 3.8) is 0 Å². The lowest BCUT2D eigenvalue weighted by Gasteiger charge is -2.10. The van der Waals surface area contributed by atoms with Crippen molar-refractivity contribution in [2.45, 2.75) is 31.9 Å². The average Bonchev–Trinajstić information content (AvgIpc) is 3.12. The van der Waals surface area contributed by atoms with E-state index in [1.807, 2.05) is 0 Å². The highest BCUT2D eigenvalue weighted by Gasteiger charge is 2.37. The van der Waals surface area contributed by atoms with Gasteiger partial charge in [0.15, 0.2) is 5.78 Å². The zero-order chi connectivity index (χ0) is 14.7. The van der Waals surface area contributed by atoms with Gasteiger partial charge >= 0.3 is 6.18 Å². The van der Waals surface area contributed by atoms with Crippen LogP contribution >= 0.6 is 11.3 Å². The second-order valence-corrected chi connectivity index (χ2v) is 5.95. The van der Waals surface area contributed by atoms with Crippen LogP contribution in [0.3, 0.4) is 0 Å². The first-order valence-corrected chi connectivity index (χ1v) is 6.91. The van der Waals surface area contributed by atoms with Crippen LogP contribution in [0, 0.1) is 0 Å². The molecule has 3 rings (SSSR count). The number of rotatable bonds is 2. The van der Waals surface area contributed by atoms with Crippen LogP contribution in [0.1, 0.15) is 46.6 Å². The molecule has 0 aromatic carbocycles. The largest absolute Gasteiger partial charge is 0.417 e. The maximum Gasteiger partial charge on any atom is 0.417 e. The third-order valence-corrected chi connectivity index (χ3v) is 4.54. The number of nitrogens with two attached hydrogens (primary N) is 1. The number of aromatic nitrogens is 1. The summed E-state index contributed by atoms with van der Waals surface area (Å²) in [5.41, 5.74) is 5.28. The fourth-order valence-electron chi connectivity index (χ4n) is 2.21. The van der Waals surface area contributed by atoms with Gasteiger partial charge in [0.2, 0.25) is 0 Å². The maximum absolute atomic E-state index is 13.2. The third kappa shape index (κ3) is 2.06. The molecule has 1 saturated carbocycles. The van der Waals surface area contributed by atoms with Crippen LogP contribution in [0.4, 0.5) is 18.9 Å². The number of anilines is 1. The van der Waals surface area contributed by atoms with Gasteiger partial charge in [0.05, 0.1) is 16.1 Å². The van der Waals surface area contributed by atoms with Crippen LogP contribution in [-0.4, -0.2) is 10.8 Å². The van der Waals surface area contributed by atoms with E-state index in [2.05, 4.69) is 4.98 Å². The van der Waals surface area contributed by atoms with Gasteiger partial charge in [-0.1, -0.05) is 0 Å². The molecule has 2 N–H and O–H groups in total. The van der Waals surface area contributed by atoms with Crippen molar-refractivity contribution < 1.29 is 18.0 Å². The highest BCUT2D eigenvalue weighted by Crippen LogP contribution is 2.46. The molecule has 1 fully saturated rings. The minimum absolute atomic E-state index is 0.101. The Morgan fingerprint density at radius 2 is 2.10 bits per heavy atom. The Hall–Kier alpha value is -1.63. The first-order valence-electron chi connectivity index (χ1n) is 6.10. The molecular formula is C13H11F3N2OS. The predicted molar refractivity (Wildman–Crippen MR) is 71.0 cm³/mol. The quantitative estimate of drug-likeness (QED) is 0.854. The Bertz CT molecular complexity index is 716. The Kier molecular flexibility index (Phi) is 2.79. The predicted octanol–water partition coefficient (Wildman–Crippen LogP) is 3.98. The molecule has 2 aromatic rings. The monoisotopic (exact) mass is 300 g/mol. The topological polar surface area (TPSA) is 56.0 Å². The van der Waals surface area contributed by atoms with Crippen LogP contribution in [0.25, 0.3) is 10.2 Å². The van der Waals surface area contributed by atoms with Gasteiger partial charge in [0.25, 0.3) is 0 Å². The molecule has 0 aliphatic heterocycles. The second-order valence-electron chi connectivity index (χ2n) is 4.95. The molecule has 2 heterocycles. The number of nitrogen functional groups attached to an aromatic ring is 1. The van der Waals surface area contributed by atoms with E-state index < -0.39 is 11.7 Å². The molecule has 20 heavy (non-hydrogen) atoms. The average molecular weight is 300 g/mol. The number of thiophene rings is 1. The van der Waals surface area contributed by atoms with Crippen LogP contribution in [0.5, 0.6) is 0 Å². The smallest absolute Gasteiger partial charge is 0.397 e. The highest BCUT2D eigenvalue weighted by atomic mass is 32.1. The van der Waals surface area contributed by atoms with E-state index in [0.717, 1.165) is 30.2 Å². The van der Waals surface area contributed by atoms with E-state index in [9.17, 15) is 18.0 Å². The second kappa shape index (κ2) is 4.18. The van der Waals surface area contributed by atoms with Crippen molar-refractivity contribution in [1.29, 1.82) is 0 Å². The summed E-state index contributed by atoms with van der Waals surface area (Å²) in [4.78, 5) is 16.1. The zero-order valence-electron chi connectivity index (χ0n) is 10.5. The van der Waals surface area contributed by atoms with Crippen LogP contribution < -0.4 is 5.73 Å². The van der Waals surface area contributed by atoms with Crippen molar-refractivity contribution in [2.75, 3.05) is 5.73 Å². The number of carbonyl (C=O) groups is 1. The summed E-state index contributed by atoms with van der Waals surface area (Å²) in [6.45, 7) is 1.29. The van der Waals surface area contributed by atoms with Gasteiger partial charge in [-0.25, -0.2) is 4.98 Å². The Morgan fingerprint density at radius 3 is 2.60 bits per heavy atom. The molecule has 0 spiro atoms. The molecule has 1 aliphatic rings. The number of nitrogens with zero attached hydrogens (tertiary/aromatic N) is 1. The summed E-state index contributed by atoms with van der Waals surface area (Å²) in [7, 11) is 0. The first-order chi connectivity index (χ1) is 9.29. The van der Waals surface area contributed by atoms with E-state index in [-0.39, 0.29) is 32.5 Å². The molecule has 2 aromatic heterocycles. The number of ketones is 1. The molecule has 3 nitrogen and oxygen atoms in total. The van der Waals surface area contributed by atoms with Gasteiger partial charge in [-0.15, -0.1) is 11.3 Å². The molecule has 0 amide bonds. The Labute approximate surface area is 116 Å². The van der Waals surface area contributed by atoms with Crippen molar-refractivity contribution >= 4 is 33.0 Å². The fraction of sp³-hybridized carbons (Fsp3) is 0.385. The molecule has 0 unspecified atom stereocenters. The summed E-state index contributed by atoms with van der Waals surface area (Å²) in [5.74, 6) is -0.240. The maximum atomic E-state index is 13.2.